The number of benzene rings is 1. The van der Waals surface area contributed by atoms with Crippen LogP contribution in [0.3, 0.4) is 0 Å². The van der Waals surface area contributed by atoms with Crippen molar-refractivity contribution in [1.29, 1.82) is 0 Å². The quantitative estimate of drug-likeness (QED) is 0.811. The van der Waals surface area contributed by atoms with Crippen LogP contribution in [-0.4, -0.2) is 11.7 Å². The normalized spacial score (nSPS) is 12.5. The van der Waals surface area contributed by atoms with E-state index in [9.17, 15) is 5.11 Å². The molecule has 0 saturated heterocycles. The number of para-hydroxylation sites is 1. The van der Waals surface area contributed by atoms with Gasteiger partial charge in [-0.25, -0.2) is 0 Å². The monoisotopic (exact) mass is 232 g/mol. The van der Waals surface area contributed by atoms with Crippen LogP contribution >= 0.6 is 0 Å². The summed E-state index contributed by atoms with van der Waals surface area (Å²) in [4.78, 5) is 0. The SMILES string of the molecule is CC(O)c1ccccc1OCC#CC(C)(C)C. The Labute approximate surface area is 104 Å². The Bertz CT molecular complexity index is 417. The Kier molecular flexibility index (Phi) is 4.60. The number of rotatable bonds is 3. The first-order valence-electron chi connectivity index (χ1n) is 5.80. The number of aliphatic hydroxyl groups is 1. The Balaban J connectivity index is 2.66. The summed E-state index contributed by atoms with van der Waals surface area (Å²) in [5.41, 5.74) is 0.790. The lowest BCUT2D eigenvalue weighted by Gasteiger charge is -2.11. The smallest absolute Gasteiger partial charge is 0.149 e. The molecule has 1 unspecified atom stereocenters. The van der Waals surface area contributed by atoms with Gasteiger partial charge in [-0.15, -0.1) is 0 Å². The summed E-state index contributed by atoms with van der Waals surface area (Å²) in [6.45, 7) is 8.25. The molecule has 17 heavy (non-hydrogen) atoms. The summed E-state index contributed by atoms with van der Waals surface area (Å²) in [5.74, 6) is 6.79. The first kappa shape index (κ1) is 13.6. The molecule has 1 N–H and O–H groups in total. The number of hydrogen-bond donors (Lipinski definition) is 1. The zero-order valence-electron chi connectivity index (χ0n) is 10.9. The molecule has 0 aliphatic carbocycles. The largest absolute Gasteiger partial charge is 0.481 e. The first-order valence-corrected chi connectivity index (χ1v) is 5.80. The van der Waals surface area contributed by atoms with Gasteiger partial charge in [-0.05, 0) is 33.8 Å². The van der Waals surface area contributed by atoms with Crippen LogP contribution in [0.25, 0.3) is 0 Å². The van der Waals surface area contributed by atoms with Crippen LogP contribution < -0.4 is 4.74 Å². The highest BCUT2D eigenvalue weighted by Crippen LogP contribution is 2.24. The predicted octanol–water partition coefficient (Wildman–Crippen LogP) is 3.17. The van der Waals surface area contributed by atoms with Gasteiger partial charge >= 0.3 is 0 Å². The third-order valence-corrected chi connectivity index (χ3v) is 2.13. The van der Waals surface area contributed by atoms with Crippen molar-refractivity contribution in [2.75, 3.05) is 6.61 Å². The van der Waals surface area contributed by atoms with E-state index in [0.717, 1.165) is 5.56 Å². The zero-order chi connectivity index (χ0) is 12.9. The lowest BCUT2D eigenvalue weighted by molar-refractivity contribution is 0.193. The molecule has 0 radical (unpaired) electrons. The number of ether oxygens (including phenoxy) is 1. The minimum Gasteiger partial charge on any atom is -0.481 e. The molecule has 0 aliphatic heterocycles. The van der Waals surface area contributed by atoms with Crippen molar-refractivity contribution in [2.24, 2.45) is 5.41 Å². The fourth-order valence-corrected chi connectivity index (χ4v) is 1.37. The van der Waals surface area contributed by atoms with E-state index >= 15 is 0 Å². The molecule has 1 aromatic rings. The van der Waals surface area contributed by atoms with E-state index in [0.29, 0.717) is 12.4 Å². The van der Waals surface area contributed by atoms with Gasteiger partial charge in [0, 0.05) is 11.0 Å². The van der Waals surface area contributed by atoms with Crippen LogP contribution in [0, 0.1) is 17.3 Å². The van der Waals surface area contributed by atoms with E-state index in [1.807, 2.05) is 24.3 Å². The molecule has 0 saturated carbocycles. The summed E-state index contributed by atoms with van der Waals surface area (Å²) in [5, 5.41) is 9.57. The molecule has 2 nitrogen and oxygen atoms in total. The van der Waals surface area contributed by atoms with E-state index < -0.39 is 6.10 Å². The van der Waals surface area contributed by atoms with Crippen molar-refractivity contribution >= 4 is 0 Å². The molecular formula is C15H20O2. The van der Waals surface area contributed by atoms with Crippen LogP contribution in [0.2, 0.25) is 0 Å². The van der Waals surface area contributed by atoms with Crippen molar-refractivity contribution < 1.29 is 9.84 Å². The molecule has 0 spiro atoms. The van der Waals surface area contributed by atoms with Crippen molar-refractivity contribution in [3.63, 3.8) is 0 Å². The zero-order valence-corrected chi connectivity index (χ0v) is 10.9. The van der Waals surface area contributed by atoms with Gasteiger partial charge in [-0.1, -0.05) is 30.0 Å². The summed E-state index contributed by atoms with van der Waals surface area (Å²) < 4.78 is 5.56. The first-order chi connectivity index (χ1) is 7.90. The topological polar surface area (TPSA) is 29.5 Å². The van der Waals surface area contributed by atoms with Gasteiger partial charge in [0.25, 0.3) is 0 Å². The third kappa shape index (κ3) is 4.93. The van der Waals surface area contributed by atoms with E-state index in [1.165, 1.54) is 0 Å². The highest BCUT2D eigenvalue weighted by atomic mass is 16.5. The molecule has 0 bridgehead atoms. The van der Waals surface area contributed by atoms with Crippen molar-refractivity contribution in [3.8, 4) is 17.6 Å². The molecule has 0 aromatic heterocycles. The Morgan fingerprint density at radius 3 is 2.53 bits per heavy atom. The van der Waals surface area contributed by atoms with Gasteiger partial charge < -0.3 is 9.84 Å². The summed E-state index contributed by atoms with van der Waals surface area (Å²) >= 11 is 0. The van der Waals surface area contributed by atoms with Crippen LogP contribution in [0.4, 0.5) is 0 Å². The van der Waals surface area contributed by atoms with Gasteiger partial charge in [0.15, 0.2) is 0 Å². The van der Waals surface area contributed by atoms with Gasteiger partial charge in [0.05, 0.1) is 6.10 Å². The van der Waals surface area contributed by atoms with E-state index in [4.69, 9.17) is 4.74 Å². The Morgan fingerprint density at radius 2 is 1.94 bits per heavy atom. The van der Waals surface area contributed by atoms with Crippen LogP contribution in [0.5, 0.6) is 5.75 Å². The summed E-state index contributed by atoms with van der Waals surface area (Å²) in [6, 6.07) is 7.48. The maximum absolute atomic E-state index is 9.57. The average molecular weight is 232 g/mol. The molecule has 0 heterocycles. The van der Waals surface area contributed by atoms with Crippen LogP contribution in [-0.2, 0) is 0 Å². The molecule has 0 amide bonds. The summed E-state index contributed by atoms with van der Waals surface area (Å²) in [6.07, 6.45) is -0.526. The van der Waals surface area contributed by atoms with E-state index in [1.54, 1.807) is 6.92 Å². The molecule has 1 atom stereocenters. The number of aliphatic hydroxyl groups excluding tert-OH is 1. The second-order valence-electron chi connectivity index (χ2n) is 5.05. The highest BCUT2D eigenvalue weighted by molar-refractivity contribution is 5.35. The molecule has 1 rings (SSSR count). The van der Waals surface area contributed by atoms with Gasteiger partial charge in [-0.3, -0.25) is 0 Å². The number of hydrogen-bond acceptors (Lipinski definition) is 2. The second-order valence-corrected chi connectivity index (χ2v) is 5.05. The van der Waals surface area contributed by atoms with Crippen molar-refractivity contribution in [1.82, 2.24) is 0 Å². The van der Waals surface area contributed by atoms with E-state index in [-0.39, 0.29) is 5.41 Å². The van der Waals surface area contributed by atoms with E-state index in [2.05, 4.69) is 32.6 Å². The highest BCUT2D eigenvalue weighted by Gasteiger charge is 2.07. The van der Waals surface area contributed by atoms with Crippen LogP contribution in [0.1, 0.15) is 39.4 Å². The van der Waals surface area contributed by atoms with Gasteiger partial charge in [0.2, 0.25) is 0 Å². The van der Waals surface area contributed by atoms with Gasteiger partial charge in [0.1, 0.15) is 12.4 Å². The molecular weight excluding hydrogens is 212 g/mol. The Hall–Kier alpha value is -1.46. The van der Waals surface area contributed by atoms with Crippen molar-refractivity contribution in [2.45, 2.75) is 33.8 Å². The lowest BCUT2D eigenvalue weighted by atomic mass is 9.98. The molecule has 1 aromatic carbocycles. The maximum atomic E-state index is 9.57. The second kappa shape index (κ2) is 5.75. The predicted molar refractivity (Wildman–Crippen MR) is 69.8 cm³/mol. The third-order valence-electron chi connectivity index (χ3n) is 2.13. The Morgan fingerprint density at radius 1 is 1.29 bits per heavy atom. The molecule has 92 valence electrons. The minimum absolute atomic E-state index is 0.00680. The summed E-state index contributed by atoms with van der Waals surface area (Å²) in [7, 11) is 0. The maximum Gasteiger partial charge on any atom is 0.149 e. The minimum atomic E-state index is -0.526. The fourth-order valence-electron chi connectivity index (χ4n) is 1.37. The van der Waals surface area contributed by atoms with Crippen LogP contribution in [0.15, 0.2) is 24.3 Å². The standard InChI is InChI=1S/C15H20O2/c1-12(16)13-8-5-6-9-14(13)17-11-7-10-15(2,3)4/h5-6,8-9,12,16H,11H2,1-4H3. The molecule has 0 fully saturated rings. The fraction of sp³-hybridized carbons (Fsp3) is 0.467. The molecule has 2 heteroatoms. The van der Waals surface area contributed by atoms with Crippen molar-refractivity contribution in [3.05, 3.63) is 29.8 Å². The van der Waals surface area contributed by atoms with Gasteiger partial charge in [-0.2, -0.15) is 0 Å². The lowest BCUT2D eigenvalue weighted by Crippen LogP contribution is -2.03. The molecule has 0 aliphatic rings. The average Bonchev–Trinajstić information content (AvgIpc) is 2.23.